The zero-order valence-electron chi connectivity index (χ0n) is 15.7. The number of aromatic nitrogens is 2. The van der Waals surface area contributed by atoms with E-state index in [0.717, 1.165) is 0 Å². The van der Waals surface area contributed by atoms with Crippen molar-refractivity contribution in [3.8, 4) is 0 Å². The summed E-state index contributed by atoms with van der Waals surface area (Å²) in [5, 5.41) is 7.43. The first kappa shape index (κ1) is 21.7. The molecule has 0 aliphatic heterocycles. The van der Waals surface area contributed by atoms with Crippen molar-refractivity contribution in [3.63, 3.8) is 0 Å². The van der Waals surface area contributed by atoms with Crippen molar-refractivity contribution in [1.29, 1.82) is 0 Å². The number of hydrogen-bond acceptors (Lipinski definition) is 4. The van der Waals surface area contributed by atoms with Gasteiger partial charge in [-0.3, -0.25) is 14.2 Å². The Morgan fingerprint density at radius 3 is 2.33 bits per heavy atom. The molecule has 1 atom stereocenters. The molecule has 1 aromatic heterocycles. The molecule has 1 amide bonds. The molecular formula is C17H22BrClN4O3S. The number of hydrogen-bond donors (Lipinski definition) is 2. The normalized spacial score (nSPS) is 13.3. The van der Waals surface area contributed by atoms with Crippen LogP contribution in [0.4, 0.5) is 5.69 Å². The van der Waals surface area contributed by atoms with Gasteiger partial charge in [0.2, 0.25) is 0 Å². The molecule has 0 bridgehead atoms. The molecule has 27 heavy (non-hydrogen) atoms. The Balaban J connectivity index is 2.38. The van der Waals surface area contributed by atoms with Crippen LogP contribution < -0.4 is 10.0 Å². The summed E-state index contributed by atoms with van der Waals surface area (Å²) in [6.45, 7) is 7.89. The van der Waals surface area contributed by atoms with Gasteiger partial charge in [0.25, 0.3) is 15.9 Å². The molecule has 0 radical (unpaired) electrons. The highest BCUT2D eigenvalue weighted by Gasteiger charge is 2.29. The fraction of sp³-hybridized carbons (Fsp3) is 0.412. The maximum atomic E-state index is 12.8. The summed E-state index contributed by atoms with van der Waals surface area (Å²) in [4.78, 5) is 12.8. The van der Waals surface area contributed by atoms with E-state index in [1.54, 1.807) is 7.05 Å². The van der Waals surface area contributed by atoms with E-state index in [2.05, 4.69) is 31.1 Å². The van der Waals surface area contributed by atoms with Crippen molar-refractivity contribution in [1.82, 2.24) is 15.1 Å². The van der Waals surface area contributed by atoms with Crippen LogP contribution >= 0.6 is 27.5 Å². The van der Waals surface area contributed by atoms with Crippen LogP contribution in [0.15, 0.2) is 33.8 Å². The number of amides is 1. The fourth-order valence-corrected chi connectivity index (χ4v) is 3.99. The van der Waals surface area contributed by atoms with Gasteiger partial charge in [0, 0.05) is 18.1 Å². The second-order valence-corrected chi connectivity index (χ2v) is 10.1. The Kier molecular flexibility index (Phi) is 6.28. The van der Waals surface area contributed by atoms with Gasteiger partial charge in [-0.1, -0.05) is 32.4 Å². The van der Waals surface area contributed by atoms with Gasteiger partial charge in [0.1, 0.15) is 5.69 Å². The lowest BCUT2D eigenvalue weighted by Gasteiger charge is -2.28. The van der Waals surface area contributed by atoms with Gasteiger partial charge in [-0.25, -0.2) is 8.42 Å². The minimum absolute atomic E-state index is 0.0251. The molecule has 0 aliphatic rings. The Bertz CT molecular complexity index is 950. The van der Waals surface area contributed by atoms with E-state index >= 15 is 0 Å². The molecule has 0 spiro atoms. The number of aryl methyl sites for hydroxylation is 1. The number of benzene rings is 1. The summed E-state index contributed by atoms with van der Waals surface area (Å²) in [7, 11) is -2.35. The highest BCUT2D eigenvalue weighted by atomic mass is 79.9. The van der Waals surface area contributed by atoms with E-state index in [-0.39, 0.29) is 32.3 Å². The number of nitrogens with one attached hydrogen (secondary N) is 2. The van der Waals surface area contributed by atoms with E-state index in [0.29, 0.717) is 5.02 Å². The Labute approximate surface area is 172 Å². The predicted molar refractivity (Wildman–Crippen MR) is 110 cm³/mol. The monoisotopic (exact) mass is 476 g/mol. The molecule has 0 aliphatic carbocycles. The van der Waals surface area contributed by atoms with Crippen molar-refractivity contribution in [2.45, 2.75) is 38.6 Å². The highest BCUT2D eigenvalue weighted by Crippen LogP contribution is 2.29. The van der Waals surface area contributed by atoms with Crippen LogP contribution in [0.5, 0.6) is 0 Å². The molecule has 2 rings (SSSR count). The Hall–Kier alpha value is -1.58. The van der Waals surface area contributed by atoms with E-state index < -0.39 is 15.9 Å². The molecule has 1 heterocycles. The lowest BCUT2D eigenvalue weighted by atomic mass is 9.88. The van der Waals surface area contributed by atoms with Crippen LogP contribution in [-0.2, 0) is 17.1 Å². The van der Waals surface area contributed by atoms with E-state index in [4.69, 9.17) is 11.6 Å². The minimum atomic E-state index is -3.92. The van der Waals surface area contributed by atoms with Crippen molar-refractivity contribution in [2.75, 3.05) is 4.72 Å². The fourth-order valence-electron chi connectivity index (χ4n) is 2.13. The van der Waals surface area contributed by atoms with Crippen molar-refractivity contribution in [2.24, 2.45) is 12.5 Å². The molecule has 2 N–H and O–H groups in total. The highest BCUT2D eigenvalue weighted by molar-refractivity contribution is 9.10. The second kappa shape index (κ2) is 7.81. The van der Waals surface area contributed by atoms with Crippen LogP contribution in [-0.4, -0.2) is 30.1 Å². The number of halogens is 2. The predicted octanol–water partition coefficient (Wildman–Crippen LogP) is 3.80. The van der Waals surface area contributed by atoms with Gasteiger partial charge < -0.3 is 5.32 Å². The lowest BCUT2D eigenvalue weighted by molar-refractivity contribution is 0.0901. The van der Waals surface area contributed by atoms with E-state index in [1.807, 2.05) is 27.7 Å². The summed E-state index contributed by atoms with van der Waals surface area (Å²) in [6, 6.07) is 5.59. The Morgan fingerprint density at radius 2 is 1.81 bits per heavy atom. The van der Waals surface area contributed by atoms with Crippen LogP contribution in [0.2, 0.25) is 5.02 Å². The third kappa shape index (κ3) is 5.03. The maximum Gasteiger partial charge on any atom is 0.272 e. The maximum absolute atomic E-state index is 12.8. The third-order valence-corrected chi connectivity index (χ3v) is 6.40. The summed E-state index contributed by atoms with van der Waals surface area (Å²) < 4.78 is 29.4. The molecule has 2 aromatic rings. The third-order valence-electron chi connectivity index (χ3n) is 4.23. The van der Waals surface area contributed by atoms with Gasteiger partial charge in [0.05, 0.1) is 4.90 Å². The van der Waals surface area contributed by atoms with Gasteiger partial charge in [-0.05, 0) is 52.5 Å². The van der Waals surface area contributed by atoms with E-state index in [9.17, 15) is 13.2 Å². The van der Waals surface area contributed by atoms with Crippen LogP contribution in [0, 0.1) is 5.41 Å². The SMILES string of the molecule is C[C@H](NC(=O)c1c(NS(=O)(=O)c2ccc(Cl)cc2)c(Br)nn1C)C(C)(C)C. The zero-order valence-corrected chi connectivity index (χ0v) is 18.8. The molecule has 0 saturated carbocycles. The minimum Gasteiger partial charge on any atom is -0.348 e. The van der Waals surface area contributed by atoms with Crippen molar-refractivity contribution < 1.29 is 13.2 Å². The molecule has 0 unspecified atom stereocenters. The molecule has 0 saturated heterocycles. The molecule has 1 aromatic carbocycles. The first-order valence-electron chi connectivity index (χ1n) is 8.14. The second-order valence-electron chi connectivity index (χ2n) is 7.26. The number of anilines is 1. The number of carbonyl (C=O) groups is 1. The molecule has 7 nitrogen and oxygen atoms in total. The standard InChI is InChI=1S/C17H22BrClN4O3S/c1-10(17(2,3)4)20-16(24)14-13(15(18)21-23(14)5)22-27(25,26)12-8-6-11(19)7-9-12/h6-10,22H,1-5H3,(H,20,24)/t10-/m0/s1. The molecule has 10 heteroatoms. The van der Waals surface area contributed by atoms with Crippen molar-refractivity contribution in [3.05, 3.63) is 39.6 Å². The van der Waals surface area contributed by atoms with Crippen LogP contribution in [0.3, 0.4) is 0 Å². The van der Waals surface area contributed by atoms with Crippen LogP contribution in [0.25, 0.3) is 0 Å². The average molecular weight is 478 g/mol. The van der Waals surface area contributed by atoms with Crippen molar-refractivity contribution >= 4 is 49.1 Å². The van der Waals surface area contributed by atoms with Gasteiger partial charge in [0.15, 0.2) is 10.3 Å². The number of carbonyl (C=O) groups excluding carboxylic acids is 1. The molecule has 148 valence electrons. The quantitative estimate of drug-likeness (QED) is 0.685. The number of sulfonamides is 1. The first-order chi connectivity index (χ1) is 12.3. The first-order valence-corrected chi connectivity index (χ1v) is 10.8. The lowest BCUT2D eigenvalue weighted by Crippen LogP contribution is -2.42. The topological polar surface area (TPSA) is 93.1 Å². The summed E-state index contributed by atoms with van der Waals surface area (Å²) in [5.41, 5.74) is 0.0237. The van der Waals surface area contributed by atoms with Gasteiger partial charge in [-0.15, -0.1) is 0 Å². The largest absolute Gasteiger partial charge is 0.348 e. The zero-order chi connectivity index (χ0) is 20.6. The van der Waals surface area contributed by atoms with E-state index in [1.165, 1.54) is 28.9 Å². The molecular weight excluding hydrogens is 456 g/mol. The van der Waals surface area contributed by atoms with Gasteiger partial charge in [-0.2, -0.15) is 5.10 Å². The summed E-state index contributed by atoms with van der Waals surface area (Å²) >= 11 is 9.03. The molecule has 0 fully saturated rings. The summed E-state index contributed by atoms with van der Waals surface area (Å²) in [6.07, 6.45) is 0. The average Bonchev–Trinajstić information content (AvgIpc) is 2.80. The summed E-state index contributed by atoms with van der Waals surface area (Å²) in [5.74, 6) is -0.424. The smallest absolute Gasteiger partial charge is 0.272 e. The van der Waals surface area contributed by atoms with Gasteiger partial charge >= 0.3 is 0 Å². The number of nitrogens with zero attached hydrogens (tertiary/aromatic N) is 2. The van der Waals surface area contributed by atoms with Crippen LogP contribution in [0.1, 0.15) is 38.2 Å². The Morgan fingerprint density at radius 1 is 1.26 bits per heavy atom. The number of rotatable bonds is 5.